The second-order valence-electron chi connectivity index (χ2n) is 18.4. The van der Waals surface area contributed by atoms with Crippen molar-refractivity contribution in [2.24, 2.45) is 0 Å². The summed E-state index contributed by atoms with van der Waals surface area (Å²) in [5, 5.41) is 12.4. The van der Waals surface area contributed by atoms with Gasteiger partial charge in [-0.25, -0.2) is 36.8 Å². The quantitative estimate of drug-likeness (QED) is 0.0228. The van der Waals surface area contributed by atoms with E-state index in [0.29, 0.717) is 89.1 Å². The molecule has 0 saturated carbocycles. The highest BCUT2D eigenvalue weighted by Crippen LogP contribution is 2.35. The Kier molecular flexibility index (Phi) is 19.6. The van der Waals surface area contributed by atoms with Crippen LogP contribution in [0.15, 0.2) is 156 Å². The molecule has 2 aliphatic rings. The summed E-state index contributed by atoms with van der Waals surface area (Å²) in [4.78, 5) is 48.6. The number of aromatic nitrogens is 6. The average Bonchev–Trinajstić information content (AvgIpc) is 4.30. The van der Waals surface area contributed by atoms with Crippen LogP contribution in [0.1, 0.15) is 12.8 Å². The van der Waals surface area contributed by atoms with Gasteiger partial charge in [-0.2, -0.15) is 8.61 Å². The highest BCUT2D eigenvalue weighted by Gasteiger charge is 2.34. The normalized spacial score (nSPS) is 16.0. The number of benzene rings is 4. The number of halogens is 4. The Bertz CT molecular complexity index is 3730. The van der Waals surface area contributed by atoms with Crippen molar-refractivity contribution in [2.45, 2.75) is 34.7 Å². The van der Waals surface area contributed by atoms with Gasteiger partial charge in [-0.15, -0.1) is 0 Å². The molecule has 25 heteroatoms. The first-order chi connectivity index (χ1) is 37.9. The van der Waals surface area contributed by atoms with E-state index >= 15 is 0 Å². The summed E-state index contributed by atoms with van der Waals surface area (Å²) in [5.74, 6) is 0.517. The summed E-state index contributed by atoms with van der Waals surface area (Å²) in [6.07, 6.45) is 14.2. The SMILES string of the molecule is CN(C)C/C=C/C(=O)Nc1ccc(S(=O)(=O)N2CC[C@@H](Nc3ncc(Cl)c(-c4c[nH]c5ccccc45)n3)C2)cc1.Nc1ccc(S(=O)(=O)N2CC[C@@H](Nc3ncc(Cl)c(-c4c[nH]c5ccccc45)n3)C2)cc1.O=C(Cl)/C=C/CBr. The van der Waals surface area contributed by atoms with Crippen molar-refractivity contribution >= 4 is 127 Å². The van der Waals surface area contributed by atoms with Crippen molar-refractivity contribution in [1.29, 1.82) is 0 Å². The molecular weight excluding hydrogens is 1180 g/mol. The molecular formula is C54H55BrCl3N13O6S2. The number of likely N-dealkylation sites (N-methyl/N-ethyl adjacent to an activating group) is 1. The topological polar surface area (TPSA) is 257 Å². The molecule has 2 atom stereocenters. The number of sulfonamides is 2. The summed E-state index contributed by atoms with van der Waals surface area (Å²) in [5.41, 5.74) is 11.7. The van der Waals surface area contributed by atoms with Gasteiger partial charge in [-0.3, -0.25) is 9.59 Å². The van der Waals surface area contributed by atoms with Crippen molar-refractivity contribution in [3.05, 3.63) is 156 Å². The van der Waals surface area contributed by atoms with E-state index < -0.39 is 25.3 Å². The second-order valence-corrected chi connectivity index (χ2v) is 24.1. The first-order valence-corrected chi connectivity index (χ1v) is 29.7. The number of carbonyl (C=O) groups excluding carboxylic acids is 2. The van der Waals surface area contributed by atoms with Crippen molar-refractivity contribution in [3.63, 3.8) is 0 Å². The number of H-pyrrole nitrogens is 2. The van der Waals surface area contributed by atoms with Gasteiger partial charge in [0.15, 0.2) is 0 Å². The van der Waals surface area contributed by atoms with Crippen LogP contribution in [0.3, 0.4) is 0 Å². The molecule has 1 amide bonds. The maximum Gasteiger partial charge on any atom is 0.248 e. The monoisotopic (exact) mass is 1230 g/mol. The molecule has 0 radical (unpaired) electrons. The third-order valence-corrected chi connectivity index (χ3v) is 17.3. The number of fused-ring (bicyclic) bond motifs is 2. The summed E-state index contributed by atoms with van der Waals surface area (Å²) in [6.45, 7) is 2.00. The lowest BCUT2D eigenvalue weighted by Gasteiger charge is -2.18. The van der Waals surface area contributed by atoms with Crippen LogP contribution in [0.5, 0.6) is 0 Å². The van der Waals surface area contributed by atoms with Crippen LogP contribution in [0.25, 0.3) is 44.3 Å². The van der Waals surface area contributed by atoms with Gasteiger partial charge in [0.2, 0.25) is 43.1 Å². The number of allylic oxidation sites excluding steroid dienone is 2. The Hall–Kier alpha value is -6.73. The zero-order valence-electron chi connectivity index (χ0n) is 42.7. The van der Waals surface area contributed by atoms with Crippen molar-refractivity contribution in [1.82, 2.24) is 43.4 Å². The number of hydrogen-bond acceptors (Lipinski definition) is 14. The molecule has 8 aromatic rings. The molecule has 10 rings (SSSR count). The summed E-state index contributed by atoms with van der Waals surface area (Å²) >= 11 is 20.8. The van der Waals surface area contributed by atoms with Gasteiger partial charge in [0.05, 0.1) is 43.6 Å². The van der Waals surface area contributed by atoms with E-state index in [1.807, 2.05) is 79.9 Å². The van der Waals surface area contributed by atoms with Crippen LogP contribution >= 0.6 is 50.7 Å². The van der Waals surface area contributed by atoms with Gasteiger partial charge in [0.1, 0.15) is 0 Å². The van der Waals surface area contributed by atoms with E-state index in [4.69, 9.17) is 40.5 Å². The molecule has 6 heterocycles. The number of nitrogens with two attached hydrogens (primary N) is 1. The largest absolute Gasteiger partial charge is 0.399 e. The number of carbonyl (C=O) groups is 2. The van der Waals surface area contributed by atoms with E-state index in [2.05, 4.69) is 61.8 Å². The van der Waals surface area contributed by atoms with Crippen molar-refractivity contribution < 1.29 is 26.4 Å². The zero-order valence-corrected chi connectivity index (χ0v) is 48.1. The highest BCUT2D eigenvalue weighted by molar-refractivity contribution is 9.09. The fourth-order valence-corrected chi connectivity index (χ4v) is 12.3. The minimum Gasteiger partial charge on any atom is -0.399 e. The molecule has 0 spiro atoms. The fraction of sp³-hybridized carbons (Fsp3) is 0.222. The molecule has 7 N–H and O–H groups in total. The Balaban J connectivity index is 0.000000189. The second kappa shape index (κ2) is 26.5. The molecule has 0 unspecified atom stereocenters. The maximum absolute atomic E-state index is 13.3. The number of nitrogen functional groups attached to an aromatic ring is 1. The number of para-hydroxylation sites is 2. The van der Waals surface area contributed by atoms with E-state index in [9.17, 15) is 26.4 Å². The molecule has 4 aromatic carbocycles. The fourth-order valence-electron chi connectivity index (χ4n) is 8.62. The third kappa shape index (κ3) is 14.9. The Morgan fingerprint density at radius 3 is 1.62 bits per heavy atom. The summed E-state index contributed by atoms with van der Waals surface area (Å²) < 4.78 is 55.3. The number of anilines is 4. The summed E-state index contributed by atoms with van der Waals surface area (Å²) in [7, 11) is -3.48. The minimum atomic E-state index is -3.71. The number of nitrogens with zero attached hydrogens (tertiary/aromatic N) is 7. The Labute approximate surface area is 480 Å². The van der Waals surface area contributed by atoms with E-state index in [-0.39, 0.29) is 34.3 Å². The molecule has 2 saturated heterocycles. The van der Waals surface area contributed by atoms with Crippen molar-refractivity contribution in [3.8, 4) is 22.5 Å². The van der Waals surface area contributed by atoms with Crippen LogP contribution in [-0.4, -0.2) is 136 Å². The number of rotatable bonds is 16. The van der Waals surface area contributed by atoms with Gasteiger partial charge in [-0.1, -0.05) is 87.7 Å². The Morgan fingerprint density at radius 2 is 1.18 bits per heavy atom. The average molecular weight is 1230 g/mol. The lowest BCUT2D eigenvalue weighted by molar-refractivity contribution is -0.112. The summed E-state index contributed by atoms with van der Waals surface area (Å²) in [6, 6.07) is 27.9. The minimum absolute atomic E-state index is 0.115. The van der Waals surface area contributed by atoms with E-state index in [1.165, 1.54) is 45.0 Å². The number of hydrogen-bond donors (Lipinski definition) is 6. The van der Waals surface area contributed by atoms with Crippen LogP contribution < -0.4 is 21.7 Å². The van der Waals surface area contributed by atoms with Crippen LogP contribution in [0.4, 0.5) is 23.3 Å². The van der Waals surface area contributed by atoms with E-state index in [0.717, 1.165) is 32.9 Å². The maximum atomic E-state index is 13.3. The van der Waals surface area contributed by atoms with Crippen molar-refractivity contribution in [2.75, 3.05) is 73.8 Å². The van der Waals surface area contributed by atoms with Crippen LogP contribution in [0, 0.1) is 0 Å². The van der Waals surface area contributed by atoms with Crippen LogP contribution in [0.2, 0.25) is 10.0 Å². The van der Waals surface area contributed by atoms with Gasteiger partial charge in [-0.05, 0) is 105 Å². The predicted octanol–water partition coefficient (Wildman–Crippen LogP) is 9.65. The lowest BCUT2D eigenvalue weighted by atomic mass is 10.1. The number of aromatic amines is 2. The predicted molar refractivity (Wildman–Crippen MR) is 318 cm³/mol. The highest BCUT2D eigenvalue weighted by atomic mass is 79.9. The molecule has 19 nitrogen and oxygen atoms in total. The smallest absolute Gasteiger partial charge is 0.248 e. The molecule has 4 aromatic heterocycles. The van der Waals surface area contributed by atoms with Gasteiger partial charge < -0.3 is 36.6 Å². The first-order valence-electron chi connectivity index (χ1n) is 24.6. The van der Waals surface area contributed by atoms with Gasteiger partial charge in [0.25, 0.3) is 0 Å². The van der Waals surface area contributed by atoms with Gasteiger partial charge >= 0.3 is 0 Å². The molecule has 79 heavy (non-hydrogen) atoms. The standard InChI is InChI=1S/C28H30ClN7O3S.C22H21ClN6O2S.C4H4BrClO/c1-35(2)14-5-8-26(37)32-19-9-11-21(12-10-19)40(38,39)36-15-13-20(18-36)33-28-31-17-24(29)27(34-28)23-16-30-25-7-4-3-6-22(23)25;23-19-12-26-22(28-21(19)18-11-25-20-4-2-1-3-17(18)20)27-15-9-10-29(13-15)32(30,31)16-7-5-14(24)6-8-16;5-3-1-2-4(6)7/h3-12,16-17,20,30H,13-15,18H2,1-2H3,(H,32,37)(H,31,33,34);1-8,11-12,15,25H,9-10,13,24H2,(H,26,27,28);1-2H,3H2/b8-5+;;2-1+/t20-;15-;/m11./s1. The van der Waals surface area contributed by atoms with E-state index in [1.54, 1.807) is 48.8 Å². The van der Waals surface area contributed by atoms with Crippen LogP contribution in [-0.2, 0) is 29.6 Å². The zero-order chi connectivity index (χ0) is 56.3. The lowest BCUT2D eigenvalue weighted by Crippen LogP contribution is -2.32. The van der Waals surface area contributed by atoms with Gasteiger partial charge in [0, 0.05) is 113 Å². The molecule has 0 aliphatic carbocycles. The molecule has 412 valence electrons. The third-order valence-electron chi connectivity index (χ3n) is 12.5. The first kappa shape index (κ1) is 58.4. The molecule has 2 aliphatic heterocycles. The molecule has 0 bridgehead atoms. The molecule has 2 fully saturated rings. The number of nitrogens with one attached hydrogen (secondary N) is 5. The number of amides is 1. The number of alkyl halides is 1. The Morgan fingerprint density at radius 1 is 0.709 bits per heavy atom.